The molecule has 9 heteroatoms. The highest BCUT2D eigenvalue weighted by atomic mass is 31.2. The minimum atomic E-state index is -4.27. The molecule has 2 unspecified atom stereocenters. The molecule has 0 bridgehead atoms. The van der Waals surface area contributed by atoms with Gasteiger partial charge < -0.3 is 18.9 Å². The molecule has 0 saturated carbocycles. The number of rotatable bonds is 39. The van der Waals surface area contributed by atoms with Crippen molar-refractivity contribution >= 4 is 13.8 Å². The zero-order valence-corrected chi connectivity index (χ0v) is 35.4. The van der Waals surface area contributed by atoms with Crippen LogP contribution in [0.1, 0.15) is 174 Å². The number of allylic oxidation sites excluding steroid dienone is 6. The lowest BCUT2D eigenvalue weighted by atomic mass is 10.1. The average molecular weight is 757 g/mol. The lowest BCUT2D eigenvalue weighted by Crippen LogP contribution is -2.37. The van der Waals surface area contributed by atoms with Crippen LogP contribution in [-0.4, -0.2) is 75.6 Å². The summed E-state index contributed by atoms with van der Waals surface area (Å²) in [5.41, 5.74) is 0. The standard InChI is InChI=1S/C43H82NO7P/c1-6-8-10-12-14-16-17-18-19-20-21-22-23-24-25-26-27-28-29-31-33-35-38-48-40-42(41-50-52(46,47)49-39-37-44(3,4)5)51-43(45)36-34-32-30-15-13-11-9-7-2/h17-18,20-21,23-24,42H,6-16,19,22,25-41H2,1-5H3/p+1/b18-17-,21-20-,24-23-. The van der Waals surface area contributed by atoms with Crippen LogP contribution in [0, 0.1) is 0 Å². The Balaban J connectivity index is 4.13. The molecule has 0 amide bonds. The Morgan fingerprint density at radius 2 is 1.06 bits per heavy atom. The average Bonchev–Trinajstić information content (AvgIpc) is 3.09. The quantitative estimate of drug-likeness (QED) is 0.0219. The minimum absolute atomic E-state index is 0.0867. The van der Waals surface area contributed by atoms with Crippen LogP contribution in [0.5, 0.6) is 0 Å². The summed E-state index contributed by atoms with van der Waals surface area (Å²) in [5.74, 6) is -0.323. The molecule has 0 heterocycles. The molecule has 0 aromatic carbocycles. The second-order valence-electron chi connectivity index (χ2n) is 15.4. The first kappa shape index (κ1) is 50.7. The van der Waals surface area contributed by atoms with Crippen molar-refractivity contribution in [3.05, 3.63) is 36.5 Å². The van der Waals surface area contributed by atoms with Crippen molar-refractivity contribution in [3.63, 3.8) is 0 Å². The van der Waals surface area contributed by atoms with Gasteiger partial charge in [-0.3, -0.25) is 13.8 Å². The van der Waals surface area contributed by atoms with E-state index in [0.29, 0.717) is 24.1 Å². The number of ether oxygens (including phenoxy) is 2. The summed E-state index contributed by atoms with van der Waals surface area (Å²) in [7, 11) is 1.66. The Morgan fingerprint density at radius 1 is 0.596 bits per heavy atom. The van der Waals surface area contributed by atoms with Crippen molar-refractivity contribution in [1.29, 1.82) is 0 Å². The van der Waals surface area contributed by atoms with Crippen LogP contribution in [0.3, 0.4) is 0 Å². The van der Waals surface area contributed by atoms with E-state index in [0.717, 1.165) is 51.4 Å². The Labute approximate surface area is 321 Å². The minimum Gasteiger partial charge on any atom is -0.457 e. The van der Waals surface area contributed by atoms with Crippen molar-refractivity contribution < 1.29 is 37.3 Å². The summed E-state index contributed by atoms with van der Waals surface area (Å²) in [4.78, 5) is 22.7. The van der Waals surface area contributed by atoms with Crippen molar-refractivity contribution in [2.75, 3.05) is 54.1 Å². The zero-order chi connectivity index (χ0) is 38.4. The summed E-state index contributed by atoms with van der Waals surface area (Å²) >= 11 is 0. The molecule has 0 aliphatic rings. The molecule has 0 radical (unpaired) electrons. The smallest absolute Gasteiger partial charge is 0.457 e. The van der Waals surface area contributed by atoms with E-state index in [2.05, 4.69) is 50.3 Å². The third-order valence-electron chi connectivity index (χ3n) is 8.95. The summed E-state index contributed by atoms with van der Waals surface area (Å²) < 4.78 is 34.8. The number of phosphoric acid groups is 1. The van der Waals surface area contributed by atoms with Crippen LogP contribution in [0.2, 0.25) is 0 Å². The molecule has 52 heavy (non-hydrogen) atoms. The van der Waals surface area contributed by atoms with Crippen molar-refractivity contribution in [2.45, 2.75) is 180 Å². The maximum absolute atomic E-state index is 12.6. The Bertz CT molecular complexity index is 931. The van der Waals surface area contributed by atoms with Crippen LogP contribution in [0.25, 0.3) is 0 Å². The number of nitrogens with zero attached hydrogens (tertiary/aromatic N) is 1. The predicted octanol–water partition coefficient (Wildman–Crippen LogP) is 12.2. The van der Waals surface area contributed by atoms with Gasteiger partial charge in [-0.2, -0.15) is 0 Å². The largest absolute Gasteiger partial charge is 0.472 e. The number of carbonyl (C=O) groups is 1. The van der Waals surface area contributed by atoms with E-state index in [1.165, 1.54) is 103 Å². The number of hydrogen-bond donors (Lipinski definition) is 1. The van der Waals surface area contributed by atoms with E-state index in [1.807, 2.05) is 21.1 Å². The fraction of sp³-hybridized carbons (Fsp3) is 0.837. The zero-order valence-electron chi connectivity index (χ0n) is 34.5. The van der Waals surface area contributed by atoms with Gasteiger partial charge in [0.2, 0.25) is 0 Å². The first-order chi connectivity index (χ1) is 25.1. The summed E-state index contributed by atoms with van der Waals surface area (Å²) in [6.07, 6.45) is 41.9. The highest BCUT2D eigenvalue weighted by molar-refractivity contribution is 7.47. The van der Waals surface area contributed by atoms with Gasteiger partial charge in [-0.25, -0.2) is 4.57 Å². The van der Waals surface area contributed by atoms with Crippen molar-refractivity contribution in [3.8, 4) is 0 Å². The highest BCUT2D eigenvalue weighted by Gasteiger charge is 2.26. The monoisotopic (exact) mass is 757 g/mol. The second kappa shape index (κ2) is 36.7. The number of unbranched alkanes of at least 4 members (excludes halogenated alkanes) is 19. The highest BCUT2D eigenvalue weighted by Crippen LogP contribution is 2.43. The topological polar surface area (TPSA) is 91.3 Å². The fourth-order valence-electron chi connectivity index (χ4n) is 5.62. The van der Waals surface area contributed by atoms with E-state index in [1.54, 1.807) is 0 Å². The Hall–Kier alpha value is -1.28. The molecule has 8 nitrogen and oxygen atoms in total. The first-order valence-corrected chi connectivity index (χ1v) is 22.7. The number of carbonyl (C=O) groups excluding carboxylic acids is 1. The molecule has 0 spiro atoms. The van der Waals surface area contributed by atoms with Gasteiger partial charge in [0.15, 0.2) is 0 Å². The maximum Gasteiger partial charge on any atom is 0.472 e. The van der Waals surface area contributed by atoms with Crippen LogP contribution >= 0.6 is 7.82 Å². The Morgan fingerprint density at radius 3 is 1.58 bits per heavy atom. The number of quaternary nitrogens is 1. The summed E-state index contributed by atoms with van der Waals surface area (Å²) in [6.45, 7) is 5.56. The van der Waals surface area contributed by atoms with E-state index in [9.17, 15) is 14.3 Å². The van der Waals surface area contributed by atoms with Crippen LogP contribution < -0.4 is 0 Å². The summed E-state index contributed by atoms with van der Waals surface area (Å²) in [6, 6.07) is 0. The number of esters is 1. The molecule has 0 rings (SSSR count). The summed E-state index contributed by atoms with van der Waals surface area (Å²) in [5, 5.41) is 0. The van der Waals surface area contributed by atoms with Gasteiger partial charge in [0.1, 0.15) is 19.3 Å². The van der Waals surface area contributed by atoms with Crippen molar-refractivity contribution in [1.82, 2.24) is 0 Å². The van der Waals surface area contributed by atoms with E-state index >= 15 is 0 Å². The van der Waals surface area contributed by atoms with Gasteiger partial charge >= 0.3 is 13.8 Å². The maximum atomic E-state index is 12.6. The van der Waals surface area contributed by atoms with Crippen LogP contribution in [0.4, 0.5) is 0 Å². The van der Waals surface area contributed by atoms with E-state index in [-0.39, 0.29) is 25.8 Å². The lowest BCUT2D eigenvalue weighted by Gasteiger charge is -2.24. The molecule has 0 aromatic rings. The number of phosphoric ester groups is 1. The third-order valence-corrected chi connectivity index (χ3v) is 9.94. The predicted molar refractivity (Wildman–Crippen MR) is 220 cm³/mol. The number of likely N-dealkylation sites (N-methyl/N-ethyl adjacent to an activating group) is 1. The van der Waals surface area contributed by atoms with Crippen molar-refractivity contribution in [2.24, 2.45) is 0 Å². The molecule has 1 N–H and O–H groups in total. The van der Waals surface area contributed by atoms with Gasteiger partial charge in [0, 0.05) is 13.0 Å². The first-order valence-electron chi connectivity index (χ1n) is 21.2. The molecule has 0 saturated heterocycles. The SMILES string of the molecule is CCCCCCC/C=C\C/C=C\C/C=C\CCCCCCCCCOCC(COP(=O)(O)OCC[N+](C)(C)C)OC(=O)CCCCCCCCCC. The van der Waals surface area contributed by atoms with Crippen LogP contribution in [0.15, 0.2) is 36.5 Å². The van der Waals surface area contributed by atoms with Gasteiger partial charge in [0.05, 0.1) is 34.4 Å². The van der Waals surface area contributed by atoms with E-state index < -0.39 is 13.9 Å². The Kier molecular flexibility index (Phi) is 35.8. The number of hydrogen-bond acceptors (Lipinski definition) is 6. The van der Waals surface area contributed by atoms with Gasteiger partial charge in [-0.15, -0.1) is 0 Å². The lowest BCUT2D eigenvalue weighted by molar-refractivity contribution is -0.870. The van der Waals surface area contributed by atoms with Gasteiger partial charge in [0.25, 0.3) is 0 Å². The normalized spacial score (nSPS) is 14.2. The molecule has 0 aliphatic heterocycles. The molecule has 306 valence electrons. The molecular formula is C43H83NO7P+. The van der Waals surface area contributed by atoms with Gasteiger partial charge in [-0.1, -0.05) is 153 Å². The molecular weight excluding hydrogens is 673 g/mol. The fourth-order valence-corrected chi connectivity index (χ4v) is 6.36. The molecule has 2 atom stereocenters. The third kappa shape index (κ3) is 39.9. The van der Waals surface area contributed by atoms with Crippen LogP contribution in [-0.2, 0) is 27.9 Å². The van der Waals surface area contributed by atoms with Gasteiger partial charge in [-0.05, 0) is 51.4 Å². The molecule has 0 aliphatic carbocycles. The molecule has 0 fully saturated rings. The molecule has 0 aromatic heterocycles. The van der Waals surface area contributed by atoms with E-state index in [4.69, 9.17) is 18.5 Å². The second-order valence-corrected chi connectivity index (χ2v) is 16.8.